The molecule has 3 aromatic rings. The van der Waals surface area contributed by atoms with Crippen LogP contribution in [-0.4, -0.2) is 35.1 Å². The minimum Gasteiger partial charge on any atom is -0.461 e. The second-order valence-electron chi connectivity index (χ2n) is 7.22. The molecule has 33 heavy (non-hydrogen) atoms. The number of carbonyl (C=O) groups is 2. The van der Waals surface area contributed by atoms with Crippen molar-refractivity contribution in [3.05, 3.63) is 70.0 Å². The molecule has 0 aliphatic rings. The fourth-order valence-electron chi connectivity index (χ4n) is 3.14. The van der Waals surface area contributed by atoms with Gasteiger partial charge in [-0.3, -0.25) is 14.6 Å². The van der Waals surface area contributed by atoms with Gasteiger partial charge in [-0.2, -0.15) is 0 Å². The first-order chi connectivity index (χ1) is 16.0. The molecule has 174 valence electrons. The Bertz CT molecular complexity index is 1070. The highest BCUT2D eigenvalue weighted by molar-refractivity contribution is 7.22. The van der Waals surface area contributed by atoms with Crippen LogP contribution in [0.25, 0.3) is 10.1 Å². The van der Waals surface area contributed by atoms with Crippen LogP contribution >= 0.6 is 11.3 Å². The van der Waals surface area contributed by atoms with Crippen LogP contribution < -0.4 is 11.1 Å². The Kier molecular flexibility index (Phi) is 8.67. The fraction of sp³-hybridized carbons (Fsp3) is 0.318. The number of fused-ring (bicyclic) bond motifs is 1. The van der Waals surface area contributed by atoms with Crippen LogP contribution in [0.1, 0.15) is 36.3 Å². The van der Waals surface area contributed by atoms with E-state index in [1.807, 2.05) is 12.1 Å². The largest absolute Gasteiger partial charge is 0.461 e. The Morgan fingerprint density at radius 2 is 2.00 bits per heavy atom. The van der Waals surface area contributed by atoms with Crippen molar-refractivity contribution in [2.24, 2.45) is 5.73 Å². The summed E-state index contributed by atoms with van der Waals surface area (Å²) in [7, 11) is 0. The number of amides is 1. The summed E-state index contributed by atoms with van der Waals surface area (Å²) in [5.74, 6) is -1.11. The Balaban J connectivity index is 1.48. The maximum absolute atomic E-state index is 12.8. The molecule has 0 bridgehead atoms. The van der Waals surface area contributed by atoms with Crippen molar-refractivity contribution in [1.82, 2.24) is 4.98 Å². The summed E-state index contributed by atoms with van der Waals surface area (Å²) < 4.78 is 6.20. The van der Waals surface area contributed by atoms with Gasteiger partial charge in [0.05, 0.1) is 22.2 Å². The normalized spacial score (nSPS) is 11.7. The first-order valence-electron chi connectivity index (χ1n) is 10.3. The Morgan fingerprint density at radius 1 is 1.21 bits per heavy atom. The molecule has 3 N–H and O–H groups in total. The summed E-state index contributed by atoms with van der Waals surface area (Å²) in [6.45, 7) is 0.199. The van der Waals surface area contributed by atoms with Gasteiger partial charge in [0.2, 0.25) is 5.91 Å². The number of carbonyl (C=O) groups excluding carboxylic acids is 2. The standard InChI is InChI=1S/C22H24N4O6S/c23-12-18(22(28)25-20-11-17-8-9-24-13-19(17)33-20)16-6-4-15(5-7-16)14-31-21(27)3-1-2-10-32-26(29)30/h4-9,11,13,18H,1-3,10,12,14,23H2,(H,25,28). The second kappa shape index (κ2) is 11.9. The predicted octanol–water partition coefficient (Wildman–Crippen LogP) is 3.40. The van der Waals surface area contributed by atoms with Gasteiger partial charge in [0.15, 0.2) is 0 Å². The number of benzene rings is 1. The van der Waals surface area contributed by atoms with Crippen LogP contribution in [0.4, 0.5) is 5.00 Å². The highest BCUT2D eigenvalue weighted by Crippen LogP contribution is 2.29. The van der Waals surface area contributed by atoms with E-state index < -0.39 is 17.0 Å². The van der Waals surface area contributed by atoms with Crippen LogP contribution in [0, 0.1) is 10.1 Å². The molecule has 2 heterocycles. The number of nitrogens with zero attached hydrogens (tertiary/aromatic N) is 2. The Hall–Kier alpha value is -3.57. The number of ether oxygens (including phenoxy) is 1. The summed E-state index contributed by atoms with van der Waals surface area (Å²) in [6, 6.07) is 11.0. The number of pyridine rings is 1. The van der Waals surface area contributed by atoms with E-state index in [2.05, 4.69) is 15.1 Å². The number of aromatic nitrogens is 1. The molecule has 0 saturated carbocycles. The second-order valence-corrected chi connectivity index (χ2v) is 8.30. The van der Waals surface area contributed by atoms with Crippen molar-refractivity contribution in [2.75, 3.05) is 18.5 Å². The fourth-order valence-corrected chi connectivity index (χ4v) is 4.07. The molecule has 0 radical (unpaired) electrons. The zero-order chi connectivity index (χ0) is 23.6. The molecular formula is C22H24N4O6S. The first kappa shape index (κ1) is 24.1. The summed E-state index contributed by atoms with van der Waals surface area (Å²) in [4.78, 5) is 42.9. The van der Waals surface area contributed by atoms with Crippen molar-refractivity contribution >= 4 is 38.3 Å². The van der Waals surface area contributed by atoms with Gasteiger partial charge in [-0.1, -0.05) is 24.3 Å². The molecule has 0 aliphatic heterocycles. The van der Waals surface area contributed by atoms with Gasteiger partial charge in [0.1, 0.15) is 6.61 Å². The van der Waals surface area contributed by atoms with E-state index in [1.54, 1.807) is 36.7 Å². The average molecular weight is 473 g/mol. The van der Waals surface area contributed by atoms with Gasteiger partial charge >= 0.3 is 5.97 Å². The third kappa shape index (κ3) is 7.22. The number of anilines is 1. The molecule has 2 aromatic heterocycles. The number of nitrogens with one attached hydrogen (secondary N) is 1. The summed E-state index contributed by atoms with van der Waals surface area (Å²) in [5.41, 5.74) is 7.41. The topological polar surface area (TPSA) is 147 Å². The zero-order valence-corrected chi connectivity index (χ0v) is 18.6. The van der Waals surface area contributed by atoms with Gasteiger partial charge in [0.25, 0.3) is 5.09 Å². The molecule has 1 atom stereocenters. The summed E-state index contributed by atoms with van der Waals surface area (Å²) >= 11 is 1.45. The van der Waals surface area contributed by atoms with E-state index in [0.29, 0.717) is 12.8 Å². The highest BCUT2D eigenvalue weighted by Gasteiger charge is 2.20. The maximum Gasteiger partial charge on any atom is 0.306 e. The van der Waals surface area contributed by atoms with Gasteiger partial charge in [-0.25, -0.2) is 0 Å². The van der Waals surface area contributed by atoms with Crippen LogP contribution in [-0.2, 0) is 25.8 Å². The zero-order valence-electron chi connectivity index (χ0n) is 17.8. The van der Waals surface area contributed by atoms with Crippen LogP contribution in [0.5, 0.6) is 0 Å². The van der Waals surface area contributed by atoms with Gasteiger partial charge < -0.3 is 20.6 Å². The molecule has 0 spiro atoms. The lowest BCUT2D eigenvalue weighted by molar-refractivity contribution is -0.757. The first-order valence-corrected chi connectivity index (χ1v) is 11.1. The van der Waals surface area contributed by atoms with E-state index >= 15 is 0 Å². The summed E-state index contributed by atoms with van der Waals surface area (Å²) in [5, 5.41) is 13.9. The molecule has 0 aliphatic carbocycles. The Morgan fingerprint density at radius 3 is 2.70 bits per heavy atom. The smallest absolute Gasteiger partial charge is 0.306 e. The van der Waals surface area contributed by atoms with Gasteiger partial charge in [-0.05, 0) is 41.5 Å². The van der Waals surface area contributed by atoms with E-state index in [9.17, 15) is 19.7 Å². The van der Waals surface area contributed by atoms with Crippen LogP contribution in [0.15, 0.2) is 48.8 Å². The van der Waals surface area contributed by atoms with Crippen molar-refractivity contribution < 1.29 is 24.3 Å². The van der Waals surface area contributed by atoms with Crippen molar-refractivity contribution in [3.8, 4) is 0 Å². The monoisotopic (exact) mass is 472 g/mol. The van der Waals surface area contributed by atoms with Crippen molar-refractivity contribution in [2.45, 2.75) is 31.8 Å². The number of rotatable bonds is 12. The predicted molar refractivity (Wildman–Crippen MR) is 123 cm³/mol. The van der Waals surface area contributed by atoms with E-state index in [0.717, 1.165) is 26.2 Å². The number of hydrogen-bond acceptors (Lipinski definition) is 9. The number of thiophene rings is 1. The molecule has 0 fully saturated rings. The lowest BCUT2D eigenvalue weighted by Gasteiger charge is -2.15. The minimum atomic E-state index is -0.859. The molecule has 3 rings (SSSR count). The highest BCUT2D eigenvalue weighted by atomic mass is 32.1. The number of esters is 1. The summed E-state index contributed by atoms with van der Waals surface area (Å²) in [6.07, 6.45) is 4.45. The number of hydrogen-bond donors (Lipinski definition) is 2. The maximum atomic E-state index is 12.8. The number of nitrogens with two attached hydrogens (primary N) is 1. The molecule has 1 unspecified atom stereocenters. The van der Waals surface area contributed by atoms with Crippen LogP contribution in [0.2, 0.25) is 0 Å². The molecule has 11 heteroatoms. The van der Waals surface area contributed by atoms with Gasteiger partial charge in [-0.15, -0.1) is 21.5 Å². The van der Waals surface area contributed by atoms with E-state index in [1.165, 1.54) is 11.3 Å². The van der Waals surface area contributed by atoms with E-state index in [4.69, 9.17) is 10.5 Å². The molecular weight excluding hydrogens is 448 g/mol. The Labute approximate surface area is 193 Å². The lowest BCUT2D eigenvalue weighted by atomic mass is 9.97. The molecule has 0 saturated heterocycles. The van der Waals surface area contributed by atoms with E-state index in [-0.39, 0.29) is 32.1 Å². The SMILES string of the molecule is NCC(C(=O)Nc1cc2ccncc2s1)c1ccc(COC(=O)CCCCO[N+](=O)[O-])cc1. The average Bonchev–Trinajstić information content (AvgIpc) is 3.20. The molecule has 1 aromatic carbocycles. The van der Waals surface area contributed by atoms with Gasteiger partial charge in [0, 0.05) is 25.4 Å². The lowest BCUT2D eigenvalue weighted by Crippen LogP contribution is -2.27. The third-order valence-corrected chi connectivity index (χ3v) is 5.88. The minimum absolute atomic E-state index is 0.0439. The van der Waals surface area contributed by atoms with Crippen molar-refractivity contribution in [1.29, 1.82) is 0 Å². The van der Waals surface area contributed by atoms with Crippen LogP contribution in [0.3, 0.4) is 0 Å². The number of unbranched alkanes of at least 4 members (excludes halogenated alkanes) is 1. The molecule has 10 nitrogen and oxygen atoms in total. The third-order valence-electron chi connectivity index (χ3n) is 4.88. The quantitative estimate of drug-likeness (QED) is 0.176. The van der Waals surface area contributed by atoms with Crippen molar-refractivity contribution in [3.63, 3.8) is 0 Å². The molecule has 1 amide bonds.